The van der Waals surface area contributed by atoms with Crippen molar-refractivity contribution in [3.63, 3.8) is 0 Å². The molecular formula is C17H24N2O3. The Labute approximate surface area is 131 Å². The second-order valence-electron chi connectivity index (χ2n) is 6.30. The quantitative estimate of drug-likeness (QED) is 0.891. The van der Waals surface area contributed by atoms with Crippen LogP contribution in [0.4, 0.5) is 4.79 Å². The number of likely N-dealkylation sites (tertiary alicyclic amines) is 1. The summed E-state index contributed by atoms with van der Waals surface area (Å²) in [5.74, 6) is 1.27. The summed E-state index contributed by atoms with van der Waals surface area (Å²) in [6.07, 6.45) is 2.24. The summed E-state index contributed by atoms with van der Waals surface area (Å²) in [6.45, 7) is 4.56. The monoisotopic (exact) mass is 304 g/mol. The maximum atomic E-state index is 12.1. The lowest BCUT2D eigenvalue weighted by Crippen LogP contribution is -2.49. The first-order chi connectivity index (χ1) is 10.6. The second-order valence-corrected chi connectivity index (χ2v) is 6.30. The molecule has 22 heavy (non-hydrogen) atoms. The minimum absolute atomic E-state index is 0.0737. The molecule has 2 unspecified atom stereocenters. The summed E-state index contributed by atoms with van der Waals surface area (Å²) >= 11 is 0. The molecule has 2 amide bonds. The number of carbonyl (C=O) groups excluding carboxylic acids is 1. The number of nitrogens with zero attached hydrogens (tertiary/aromatic N) is 1. The number of urea groups is 1. The standard InChI is InChI=1S/C17H24N2O3/c1-12-5-8-19(11-15(12)20)17(21)18-7-4-13-2-3-16-14(10-13)6-9-22-16/h2-3,10,12,15,20H,4-9,11H2,1H3,(H,18,21). The van der Waals surface area contributed by atoms with E-state index in [0.29, 0.717) is 13.1 Å². The van der Waals surface area contributed by atoms with Crippen LogP contribution in [-0.2, 0) is 12.8 Å². The molecule has 2 aliphatic heterocycles. The number of ether oxygens (including phenoxy) is 1. The van der Waals surface area contributed by atoms with Gasteiger partial charge in [-0.2, -0.15) is 0 Å². The fourth-order valence-corrected chi connectivity index (χ4v) is 3.05. The number of piperidine rings is 1. The van der Waals surface area contributed by atoms with Crippen LogP contribution in [0, 0.1) is 5.92 Å². The topological polar surface area (TPSA) is 61.8 Å². The predicted molar refractivity (Wildman–Crippen MR) is 84.1 cm³/mol. The molecule has 0 radical (unpaired) electrons. The average Bonchev–Trinajstić information content (AvgIpc) is 2.97. The normalized spacial score (nSPS) is 23.8. The van der Waals surface area contributed by atoms with E-state index >= 15 is 0 Å². The van der Waals surface area contributed by atoms with Crippen LogP contribution in [0.25, 0.3) is 0 Å². The Balaban J connectivity index is 1.46. The third-order valence-corrected chi connectivity index (χ3v) is 4.65. The molecule has 1 aromatic carbocycles. The van der Waals surface area contributed by atoms with Crippen molar-refractivity contribution in [2.75, 3.05) is 26.2 Å². The van der Waals surface area contributed by atoms with Gasteiger partial charge < -0.3 is 20.1 Å². The molecule has 0 aliphatic carbocycles. The highest BCUT2D eigenvalue weighted by Gasteiger charge is 2.26. The summed E-state index contributed by atoms with van der Waals surface area (Å²) in [6, 6.07) is 6.17. The first-order valence-corrected chi connectivity index (χ1v) is 8.09. The van der Waals surface area contributed by atoms with Gasteiger partial charge in [-0.15, -0.1) is 0 Å². The lowest BCUT2D eigenvalue weighted by atomic mass is 9.96. The van der Waals surface area contributed by atoms with Crippen molar-refractivity contribution in [2.45, 2.75) is 32.3 Å². The highest BCUT2D eigenvalue weighted by atomic mass is 16.5. The van der Waals surface area contributed by atoms with Crippen molar-refractivity contribution in [2.24, 2.45) is 5.92 Å². The summed E-state index contributed by atoms with van der Waals surface area (Å²) in [7, 11) is 0. The number of amides is 2. The number of hydrogen-bond acceptors (Lipinski definition) is 3. The van der Waals surface area contributed by atoms with E-state index in [4.69, 9.17) is 4.74 Å². The molecule has 5 heteroatoms. The highest BCUT2D eigenvalue weighted by molar-refractivity contribution is 5.74. The molecule has 120 valence electrons. The Morgan fingerprint density at radius 1 is 1.50 bits per heavy atom. The van der Waals surface area contributed by atoms with Crippen molar-refractivity contribution in [1.82, 2.24) is 10.2 Å². The number of aliphatic hydroxyl groups excluding tert-OH is 1. The molecule has 1 fully saturated rings. The SMILES string of the molecule is CC1CCN(C(=O)NCCc2ccc3c(c2)CCO3)CC1O. The van der Waals surface area contributed by atoms with Crippen LogP contribution in [-0.4, -0.2) is 48.4 Å². The molecule has 2 N–H and O–H groups in total. The second kappa shape index (κ2) is 6.57. The Kier molecular flexibility index (Phi) is 4.52. The summed E-state index contributed by atoms with van der Waals surface area (Å²) < 4.78 is 5.49. The largest absolute Gasteiger partial charge is 0.493 e. The van der Waals surface area contributed by atoms with Gasteiger partial charge in [0.25, 0.3) is 0 Å². The Morgan fingerprint density at radius 3 is 3.18 bits per heavy atom. The number of aliphatic hydroxyl groups is 1. The number of fused-ring (bicyclic) bond motifs is 1. The molecule has 1 aromatic rings. The van der Waals surface area contributed by atoms with E-state index in [9.17, 15) is 9.90 Å². The van der Waals surface area contributed by atoms with Crippen molar-refractivity contribution < 1.29 is 14.6 Å². The number of hydrogen-bond donors (Lipinski definition) is 2. The van der Waals surface area contributed by atoms with Gasteiger partial charge in [-0.05, 0) is 36.0 Å². The van der Waals surface area contributed by atoms with Crippen LogP contribution < -0.4 is 10.1 Å². The van der Waals surface area contributed by atoms with Gasteiger partial charge >= 0.3 is 6.03 Å². The van der Waals surface area contributed by atoms with Gasteiger partial charge in [0.05, 0.1) is 12.7 Å². The van der Waals surface area contributed by atoms with Gasteiger partial charge in [-0.3, -0.25) is 0 Å². The van der Waals surface area contributed by atoms with E-state index in [1.54, 1.807) is 4.90 Å². The molecule has 1 saturated heterocycles. The fraction of sp³-hybridized carbons (Fsp3) is 0.588. The maximum absolute atomic E-state index is 12.1. The molecule has 2 atom stereocenters. The van der Waals surface area contributed by atoms with E-state index in [-0.39, 0.29) is 11.9 Å². The number of carbonyl (C=O) groups is 1. The first kappa shape index (κ1) is 15.2. The zero-order valence-corrected chi connectivity index (χ0v) is 13.0. The number of rotatable bonds is 3. The van der Waals surface area contributed by atoms with Crippen LogP contribution in [0.15, 0.2) is 18.2 Å². The van der Waals surface area contributed by atoms with Crippen LogP contribution in [0.3, 0.4) is 0 Å². The van der Waals surface area contributed by atoms with Crippen LogP contribution in [0.2, 0.25) is 0 Å². The van der Waals surface area contributed by atoms with Crippen LogP contribution in [0.1, 0.15) is 24.5 Å². The van der Waals surface area contributed by atoms with Gasteiger partial charge in [-0.1, -0.05) is 19.1 Å². The molecule has 0 saturated carbocycles. The lowest BCUT2D eigenvalue weighted by molar-refractivity contribution is 0.0436. The third-order valence-electron chi connectivity index (χ3n) is 4.65. The fourth-order valence-electron chi connectivity index (χ4n) is 3.05. The molecule has 2 heterocycles. The van der Waals surface area contributed by atoms with Gasteiger partial charge in [-0.25, -0.2) is 4.79 Å². The minimum Gasteiger partial charge on any atom is -0.493 e. The summed E-state index contributed by atoms with van der Waals surface area (Å²) in [5, 5.41) is 12.8. The van der Waals surface area contributed by atoms with E-state index in [1.165, 1.54) is 11.1 Å². The van der Waals surface area contributed by atoms with Gasteiger partial charge in [0.1, 0.15) is 5.75 Å². The zero-order chi connectivity index (χ0) is 15.5. The van der Waals surface area contributed by atoms with Crippen LogP contribution in [0.5, 0.6) is 5.75 Å². The lowest BCUT2D eigenvalue weighted by Gasteiger charge is -2.34. The van der Waals surface area contributed by atoms with Crippen molar-refractivity contribution in [3.05, 3.63) is 29.3 Å². The zero-order valence-electron chi connectivity index (χ0n) is 13.0. The van der Waals surface area contributed by atoms with Crippen molar-refractivity contribution >= 4 is 6.03 Å². The molecule has 0 spiro atoms. The Bertz CT molecular complexity index is 547. The Hall–Kier alpha value is -1.75. The first-order valence-electron chi connectivity index (χ1n) is 8.09. The van der Waals surface area contributed by atoms with E-state index in [0.717, 1.165) is 38.2 Å². The van der Waals surface area contributed by atoms with E-state index in [2.05, 4.69) is 17.4 Å². The minimum atomic E-state index is -0.406. The van der Waals surface area contributed by atoms with Gasteiger partial charge in [0.15, 0.2) is 0 Å². The van der Waals surface area contributed by atoms with E-state index < -0.39 is 6.10 Å². The average molecular weight is 304 g/mol. The smallest absolute Gasteiger partial charge is 0.317 e. The van der Waals surface area contributed by atoms with Crippen molar-refractivity contribution in [3.8, 4) is 5.75 Å². The van der Waals surface area contributed by atoms with Crippen LogP contribution >= 0.6 is 0 Å². The predicted octanol–water partition coefficient (Wildman–Crippen LogP) is 1.58. The molecule has 0 bridgehead atoms. The molecular weight excluding hydrogens is 280 g/mol. The molecule has 0 aromatic heterocycles. The highest BCUT2D eigenvalue weighted by Crippen LogP contribution is 2.25. The molecule has 5 nitrogen and oxygen atoms in total. The molecule has 3 rings (SSSR count). The Morgan fingerprint density at radius 2 is 2.36 bits per heavy atom. The molecule has 2 aliphatic rings. The summed E-state index contributed by atoms with van der Waals surface area (Å²) in [4.78, 5) is 13.8. The number of β-amino-alcohol motifs (C(OH)–C–C–N with tert-alkyl or cyclic N) is 1. The number of nitrogens with one attached hydrogen (secondary N) is 1. The number of benzene rings is 1. The third kappa shape index (κ3) is 3.35. The van der Waals surface area contributed by atoms with E-state index in [1.807, 2.05) is 13.0 Å². The summed E-state index contributed by atoms with van der Waals surface area (Å²) in [5.41, 5.74) is 2.48. The van der Waals surface area contributed by atoms with Gasteiger partial charge in [0, 0.05) is 26.1 Å². The van der Waals surface area contributed by atoms with Gasteiger partial charge in [0.2, 0.25) is 0 Å². The van der Waals surface area contributed by atoms with Crippen molar-refractivity contribution in [1.29, 1.82) is 0 Å². The maximum Gasteiger partial charge on any atom is 0.317 e.